The Hall–Kier alpha value is -1.60. The summed E-state index contributed by atoms with van der Waals surface area (Å²) in [6.45, 7) is 0.411. The number of benzene rings is 1. The van der Waals surface area contributed by atoms with Crippen LogP contribution in [0.25, 0.3) is 0 Å². The minimum absolute atomic E-state index is 0.0182. The number of alkyl halides is 2. The molecule has 3 rings (SSSR count). The number of fused-ring (bicyclic) bond motifs is 1. The summed E-state index contributed by atoms with van der Waals surface area (Å²) in [4.78, 5) is 14.0. The van der Waals surface area contributed by atoms with E-state index in [9.17, 15) is 13.6 Å². The smallest absolute Gasteiger partial charge is 0.387 e. The first kappa shape index (κ1) is 16.3. The molecule has 2 N–H and O–H groups in total. The number of nitrogens with zero attached hydrogens (tertiary/aromatic N) is 1. The topological polar surface area (TPSA) is 53.6 Å². The molecular formula is C15H18ClF2N3O2. The molecule has 2 aliphatic rings. The molecule has 1 aromatic carbocycles. The zero-order chi connectivity index (χ0) is 16.4. The Morgan fingerprint density at radius 3 is 2.74 bits per heavy atom. The highest BCUT2D eigenvalue weighted by molar-refractivity contribution is 6.31. The molecule has 0 unspecified atom stereocenters. The van der Waals surface area contributed by atoms with Crippen LogP contribution in [0.1, 0.15) is 5.56 Å². The summed E-state index contributed by atoms with van der Waals surface area (Å²) in [6.07, 6.45) is 0. The lowest BCUT2D eigenvalue weighted by Gasteiger charge is -2.19. The van der Waals surface area contributed by atoms with Crippen LogP contribution in [0.2, 0.25) is 5.02 Å². The Morgan fingerprint density at radius 1 is 1.39 bits per heavy atom. The van der Waals surface area contributed by atoms with Gasteiger partial charge >= 0.3 is 12.6 Å². The van der Waals surface area contributed by atoms with E-state index in [1.165, 1.54) is 12.1 Å². The van der Waals surface area contributed by atoms with Crippen molar-refractivity contribution in [2.45, 2.75) is 13.2 Å². The number of likely N-dealkylation sites (tertiary alicyclic amines) is 1. The second-order valence-electron chi connectivity index (χ2n) is 5.84. The summed E-state index contributed by atoms with van der Waals surface area (Å²) < 4.78 is 29.3. The normalized spacial score (nSPS) is 23.2. The monoisotopic (exact) mass is 345 g/mol. The molecular weight excluding hydrogens is 328 g/mol. The molecule has 2 heterocycles. The number of amides is 2. The zero-order valence-corrected chi connectivity index (χ0v) is 13.2. The van der Waals surface area contributed by atoms with Crippen molar-refractivity contribution < 1.29 is 18.3 Å². The third-order valence-electron chi connectivity index (χ3n) is 4.39. The van der Waals surface area contributed by atoms with Crippen LogP contribution in [0.15, 0.2) is 18.2 Å². The van der Waals surface area contributed by atoms with E-state index >= 15 is 0 Å². The molecule has 2 atom stereocenters. The molecule has 1 aromatic rings. The van der Waals surface area contributed by atoms with Crippen molar-refractivity contribution in [1.29, 1.82) is 0 Å². The Balaban J connectivity index is 1.61. The number of rotatable bonds is 4. The summed E-state index contributed by atoms with van der Waals surface area (Å²) in [6, 6.07) is 4.31. The van der Waals surface area contributed by atoms with Gasteiger partial charge in [0.05, 0.1) is 0 Å². The van der Waals surface area contributed by atoms with Gasteiger partial charge < -0.3 is 20.3 Å². The standard InChI is InChI=1S/C15H18ClF2N3O2/c16-12-2-1-3-13(23-14(17)18)11(12)6-20-15(22)21-7-9-4-19-5-10(9)8-21/h1-3,9-10,14,19H,4-8H2,(H,20,22)/t9-,10+. The summed E-state index contributed by atoms with van der Waals surface area (Å²) >= 11 is 6.04. The van der Waals surface area contributed by atoms with E-state index in [-0.39, 0.29) is 23.3 Å². The Kier molecular flexibility index (Phi) is 4.87. The van der Waals surface area contributed by atoms with E-state index in [1.54, 1.807) is 11.0 Å². The van der Waals surface area contributed by atoms with Crippen molar-refractivity contribution in [3.63, 3.8) is 0 Å². The summed E-state index contributed by atoms with van der Waals surface area (Å²) in [5, 5.41) is 6.34. The molecule has 0 aromatic heterocycles. The maximum absolute atomic E-state index is 12.4. The van der Waals surface area contributed by atoms with Crippen LogP contribution in [-0.4, -0.2) is 43.7 Å². The Morgan fingerprint density at radius 2 is 2.09 bits per heavy atom. The predicted octanol–water partition coefficient (Wildman–Crippen LogP) is 2.30. The third kappa shape index (κ3) is 3.67. The number of ether oxygens (including phenoxy) is 1. The second kappa shape index (κ2) is 6.88. The molecule has 0 radical (unpaired) electrons. The molecule has 0 aliphatic carbocycles. The highest BCUT2D eigenvalue weighted by atomic mass is 35.5. The Labute approximate surface area is 137 Å². The van der Waals surface area contributed by atoms with Gasteiger partial charge in [0.25, 0.3) is 0 Å². The Bertz CT molecular complexity index is 576. The van der Waals surface area contributed by atoms with Gasteiger partial charge in [-0.25, -0.2) is 4.79 Å². The maximum atomic E-state index is 12.4. The number of nitrogens with one attached hydrogen (secondary N) is 2. The summed E-state index contributed by atoms with van der Waals surface area (Å²) in [7, 11) is 0. The van der Waals surface area contributed by atoms with Gasteiger partial charge in [-0.05, 0) is 24.0 Å². The fourth-order valence-corrected chi connectivity index (χ4v) is 3.45. The van der Waals surface area contributed by atoms with E-state index in [0.717, 1.165) is 13.1 Å². The highest BCUT2D eigenvalue weighted by Gasteiger charge is 2.38. The van der Waals surface area contributed by atoms with Crippen molar-refractivity contribution in [1.82, 2.24) is 15.5 Å². The van der Waals surface area contributed by atoms with Crippen molar-refractivity contribution in [3.05, 3.63) is 28.8 Å². The summed E-state index contributed by atoms with van der Waals surface area (Å²) in [5.41, 5.74) is 0.351. The quantitative estimate of drug-likeness (QED) is 0.880. The number of halogens is 3. The van der Waals surface area contributed by atoms with E-state index in [1.807, 2.05) is 0 Å². The fraction of sp³-hybridized carbons (Fsp3) is 0.533. The van der Waals surface area contributed by atoms with Crippen LogP contribution in [0.4, 0.5) is 13.6 Å². The fourth-order valence-electron chi connectivity index (χ4n) is 3.21. The predicted molar refractivity (Wildman–Crippen MR) is 81.7 cm³/mol. The van der Waals surface area contributed by atoms with Crippen molar-refractivity contribution in [3.8, 4) is 5.75 Å². The van der Waals surface area contributed by atoms with Crippen LogP contribution >= 0.6 is 11.6 Å². The number of urea groups is 1. The molecule has 0 saturated carbocycles. The zero-order valence-electron chi connectivity index (χ0n) is 12.4. The molecule has 0 bridgehead atoms. The van der Waals surface area contributed by atoms with Crippen LogP contribution < -0.4 is 15.4 Å². The van der Waals surface area contributed by atoms with Gasteiger partial charge in [0.1, 0.15) is 5.75 Å². The van der Waals surface area contributed by atoms with E-state index in [2.05, 4.69) is 15.4 Å². The van der Waals surface area contributed by atoms with E-state index in [4.69, 9.17) is 11.6 Å². The summed E-state index contributed by atoms with van der Waals surface area (Å²) in [5.74, 6) is 0.980. The number of hydrogen-bond acceptors (Lipinski definition) is 3. The third-order valence-corrected chi connectivity index (χ3v) is 4.74. The molecule has 2 amide bonds. The first-order valence-electron chi connectivity index (χ1n) is 7.50. The van der Waals surface area contributed by atoms with E-state index in [0.29, 0.717) is 30.5 Å². The SMILES string of the molecule is O=C(NCc1c(Cl)cccc1OC(F)F)N1C[C@H]2CNC[C@H]2C1. The van der Waals surface area contributed by atoms with Gasteiger partial charge in [0, 0.05) is 43.3 Å². The van der Waals surface area contributed by atoms with Crippen molar-refractivity contribution in [2.75, 3.05) is 26.2 Å². The average Bonchev–Trinajstić information content (AvgIpc) is 3.07. The molecule has 0 spiro atoms. The van der Waals surface area contributed by atoms with Crippen LogP contribution in [0.3, 0.4) is 0 Å². The minimum Gasteiger partial charge on any atom is -0.434 e. The number of hydrogen-bond donors (Lipinski definition) is 2. The lowest BCUT2D eigenvalue weighted by molar-refractivity contribution is -0.0504. The molecule has 2 fully saturated rings. The number of carbonyl (C=O) groups excluding carboxylic acids is 1. The van der Waals surface area contributed by atoms with E-state index < -0.39 is 6.61 Å². The van der Waals surface area contributed by atoms with Gasteiger partial charge in [0.2, 0.25) is 0 Å². The van der Waals surface area contributed by atoms with Gasteiger partial charge in [-0.3, -0.25) is 0 Å². The van der Waals surface area contributed by atoms with Gasteiger partial charge in [-0.15, -0.1) is 0 Å². The first-order chi connectivity index (χ1) is 11.0. The van der Waals surface area contributed by atoms with Crippen LogP contribution in [0.5, 0.6) is 5.75 Å². The largest absolute Gasteiger partial charge is 0.434 e. The minimum atomic E-state index is -2.94. The van der Waals surface area contributed by atoms with Crippen molar-refractivity contribution in [2.24, 2.45) is 11.8 Å². The molecule has 5 nitrogen and oxygen atoms in total. The highest BCUT2D eigenvalue weighted by Crippen LogP contribution is 2.29. The molecule has 2 aliphatic heterocycles. The molecule has 23 heavy (non-hydrogen) atoms. The molecule has 126 valence electrons. The van der Waals surface area contributed by atoms with Crippen molar-refractivity contribution >= 4 is 17.6 Å². The molecule has 8 heteroatoms. The lowest BCUT2D eigenvalue weighted by atomic mass is 10.0. The molecule has 2 saturated heterocycles. The maximum Gasteiger partial charge on any atom is 0.387 e. The van der Waals surface area contributed by atoms with Crippen LogP contribution in [0, 0.1) is 11.8 Å². The average molecular weight is 346 g/mol. The van der Waals surface area contributed by atoms with Gasteiger partial charge in [0.15, 0.2) is 0 Å². The lowest BCUT2D eigenvalue weighted by Crippen LogP contribution is -2.39. The first-order valence-corrected chi connectivity index (χ1v) is 7.88. The van der Waals surface area contributed by atoms with Gasteiger partial charge in [-0.2, -0.15) is 8.78 Å². The van der Waals surface area contributed by atoms with Gasteiger partial charge in [-0.1, -0.05) is 17.7 Å². The number of carbonyl (C=O) groups is 1. The second-order valence-corrected chi connectivity index (χ2v) is 6.24. The van der Waals surface area contributed by atoms with Crippen LogP contribution in [-0.2, 0) is 6.54 Å².